The van der Waals surface area contributed by atoms with Crippen LogP contribution < -0.4 is 0 Å². The quantitative estimate of drug-likeness (QED) is 0.532. The summed E-state index contributed by atoms with van der Waals surface area (Å²) in [6.07, 6.45) is 3.90. The molecule has 2 aromatic rings. The molecule has 0 aliphatic carbocycles. The predicted molar refractivity (Wildman–Crippen MR) is 71.6 cm³/mol. The highest BCUT2D eigenvalue weighted by Crippen LogP contribution is 2.14. The number of rotatable bonds is 0. The Morgan fingerprint density at radius 1 is 0.579 bits per heavy atom. The van der Waals surface area contributed by atoms with Crippen LogP contribution in [0.2, 0.25) is 0 Å². The highest BCUT2D eigenvalue weighted by molar-refractivity contribution is 6.02. The van der Waals surface area contributed by atoms with Crippen molar-refractivity contribution in [3.05, 3.63) is 70.8 Å². The highest BCUT2D eigenvalue weighted by Gasteiger charge is 2.15. The lowest BCUT2D eigenvalue weighted by molar-refractivity contribution is 0.0398. The lowest BCUT2D eigenvalue weighted by Crippen LogP contribution is -2.12. The van der Waals surface area contributed by atoms with E-state index in [0.29, 0.717) is 11.1 Å². The molecule has 3 nitrogen and oxygen atoms in total. The van der Waals surface area contributed by atoms with Gasteiger partial charge in [0.25, 0.3) is 0 Å². The van der Waals surface area contributed by atoms with Crippen LogP contribution in [0.1, 0.15) is 31.8 Å². The van der Waals surface area contributed by atoms with Crippen LogP contribution >= 0.6 is 0 Å². The Labute approximate surface area is 110 Å². The zero-order chi connectivity index (χ0) is 13.2. The summed E-state index contributed by atoms with van der Waals surface area (Å²) >= 11 is 0. The molecule has 0 N–H and O–H groups in total. The van der Waals surface area contributed by atoms with Gasteiger partial charge in [0.15, 0.2) is 0 Å². The summed E-state index contributed by atoms with van der Waals surface area (Å²) < 4.78 is 4.82. The molecule has 0 aromatic heterocycles. The maximum absolute atomic E-state index is 11.8. The van der Waals surface area contributed by atoms with Crippen molar-refractivity contribution in [3.63, 3.8) is 0 Å². The van der Waals surface area contributed by atoms with E-state index >= 15 is 0 Å². The summed E-state index contributed by atoms with van der Waals surface area (Å²) in [5.74, 6) is -1.27. The van der Waals surface area contributed by atoms with Crippen LogP contribution in [-0.2, 0) is 4.74 Å². The summed E-state index contributed by atoms with van der Waals surface area (Å²) in [5, 5.41) is 0. The van der Waals surface area contributed by atoms with Gasteiger partial charge in [0.2, 0.25) is 0 Å². The van der Waals surface area contributed by atoms with Gasteiger partial charge >= 0.3 is 11.9 Å². The fraction of sp³-hybridized carbons (Fsp3) is 0. The fourth-order valence-electron chi connectivity index (χ4n) is 1.86. The van der Waals surface area contributed by atoms with Crippen LogP contribution in [0, 0.1) is 0 Å². The van der Waals surface area contributed by atoms with Crippen LogP contribution in [0.4, 0.5) is 0 Å². The number of carbonyl (C=O) groups is 2. The van der Waals surface area contributed by atoms with E-state index < -0.39 is 11.9 Å². The normalized spacial score (nSPS) is 15.4. The third kappa shape index (κ3) is 2.31. The maximum Gasteiger partial charge on any atom is 0.346 e. The van der Waals surface area contributed by atoms with Gasteiger partial charge in [-0.15, -0.1) is 0 Å². The molecule has 0 fully saturated rings. The number of hydrogen-bond acceptors (Lipinski definition) is 3. The van der Waals surface area contributed by atoms with Gasteiger partial charge in [0, 0.05) is 0 Å². The van der Waals surface area contributed by atoms with Gasteiger partial charge in [-0.3, -0.25) is 0 Å². The number of carbonyl (C=O) groups excluding carboxylic acids is 2. The van der Waals surface area contributed by atoms with Crippen LogP contribution in [-0.4, -0.2) is 11.9 Å². The molecule has 0 saturated carbocycles. The zero-order valence-corrected chi connectivity index (χ0v) is 10.00. The Kier molecular flexibility index (Phi) is 2.72. The lowest BCUT2D eigenvalue weighted by atomic mass is 10.1. The van der Waals surface area contributed by atoms with E-state index in [0.717, 1.165) is 11.1 Å². The summed E-state index contributed by atoms with van der Waals surface area (Å²) in [6, 6.07) is 13.8. The van der Waals surface area contributed by atoms with E-state index in [2.05, 4.69) is 0 Å². The molecule has 3 heteroatoms. The second-order valence-electron chi connectivity index (χ2n) is 4.25. The smallest absolute Gasteiger partial charge is 0.346 e. The van der Waals surface area contributed by atoms with Crippen molar-refractivity contribution in [3.8, 4) is 0 Å². The van der Waals surface area contributed by atoms with Crippen LogP contribution in [0.15, 0.2) is 48.5 Å². The summed E-state index contributed by atoms with van der Waals surface area (Å²) in [7, 11) is 0. The van der Waals surface area contributed by atoms with Gasteiger partial charge < -0.3 is 4.74 Å². The molecule has 92 valence electrons. The van der Waals surface area contributed by atoms with Crippen LogP contribution in [0.3, 0.4) is 0 Å². The molecule has 0 saturated heterocycles. The molecule has 0 atom stereocenters. The van der Waals surface area contributed by atoms with Crippen molar-refractivity contribution in [2.75, 3.05) is 0 Å². The minimum absolute atomic E-state index is 0.362. The summed E-state index contributed by atoms with van der Waals surface area (Å²) in [6.45, 7) is 0. The summed E-state index contributed by atoms with van der Waals surface area (Å²) in [5.41, 5.74) is 2.68. The Bertz CT molecular complexity index is 605. The van der Waals surface area contributed by atoms with Gasteiger partial charge in [-0.25, -0.2) is 9.59 Å². The molecule has 6 rings (SSSR count). The van der Waals surface area contributed by atoms with Crippen molar-refractivity contribution in [1.82, 2.24) is 0 Å². The van der Waals surface area contributed by atoms with Gasteiger partial charge in [-0.1, -0.05) is 36.4 Å². The van der Waals surface area contributed by atoms with Crippen molar-refractivity contribution in [1.29, 1.82) is 0 Å². The molecule has 0 unspecified atom stereocenters. The second kappa shape index (κ2) is 4.53. The van der Waals surface area contributed by atoms with E-state index in [1.54, 1.807) is 24.3 Å². The molecule has 0 spiro atoms. The topological polar surface area (TPSA) is 43.4 Å². The molecular weight excluding hydrogens is 240 g/mol. The summed E-state index contributed by atoms with van der Waals surface area (Å²) in [4.78, 5) is 23.6. The van der Waals surface area contributed by atoms with Gasteiger partial charge in [-0.2, -0.15) is 0 Å². The molecule has 4 aliphatic heterocycles. The predicted octanol–water partition coefficient (Wildman–Crippen LogP) is 3.17. The minimum Gasteiger partial charge on any atom is -0.386 e. The van der Waals surface area contributed by atoms with E-state index in [4.69, 9.17) is 4.74 Å². The Morgan fingerprint density at radius 3 is 1.32 bits per heavy atom. The molecule has 4 bridgehead atoms. The number of benzene rings is 2. The van der Waals surface area contributed by atoms with E-state index in [1.165, 1.54) is 0 Å². The van der Waals surface area contributed by atoms with E-state index in [9.17, 15) is 9.59 Å². The molecule has 0 radical (unpaired) electrons. The van der Waals surface area contributed by atoms with Gasteiger partial charge in [0.05, 0.1) is 11.1 Å². The number of esters is 2. The first-order valence-corrected chi connectivity index (χ1v) is 5.87. The van der Waals surface area contributed by atoms with Crippen LogP contribution in [0.25, 0.3) is 12.2 Å². The molecule has 4 aliphatic rings. The number of ether oxygens (including phenoxy) is 1. The molecule has 4 heterocycles. The average Bonchev–Trinajstić information content (AvgIpc) is 2.47. The van der Waals surface area contributed by atoms with Crippen molar-refractivity contribution in [2.24, 2.45) is 0 Å². The molecule has 0 amide bonds. The SMILES string of the molecule is O=C1OC(=O)c2ccc(cc2)/C=C\c2ccc1cc2. The van der Waals surface area contributed by atoms with Crippen LogP contribution in [0.5, 0.6) is 0 Å². The maximum atomic E-state index is 11.8. The van der Waals surface area contributed by atoms with Gasteiger partial charge in [0.1, 0.15) is 0 Å². The number of hydrogen-bond donors (Lipinski definition) is 0. The molecule has 19 heavy (non-hydrogen) atoms. The highest BCUT2D eigenvalue weighted by atomic mass is 16.6. The first-order chi connectivity index (χ1) is 9.22. The first kappa shape index (κ1) is 11.4. The average molecular weight is 250 g/mol. The first-order valence-electron chi connectivity index (χ1n) is 5.87. The Morgan fingerprint density at radius 2 is 0.947 bits per heavy atom. The third-order valence-electron chi connectivity index (χ3n) is 2.95. The van der Waals surface area contributed by atoms with Crippen molar-refractivity contribution >= 4 is 24.1 Å². The second-order valence-corrected chi connectivity index (χ2v) is 4.25. The van der Waals surface area contributed by atoms with E-state index in [-0.39, 0.29) is 0 Å². The van der Waals surface area contributed by atoms with Crippen molar-refractivity contribution in [2.45, 2.75) is 0 Å². The Balaban J connectivity index is 2.12. The lowest BCUT2D eigenvalue weighted by Gasteiger charge is -2.03. The molecular formula is C16H10O3. The zero-order valence-electron chi connectivity index (χ0n) is 10.00. The third-order valence-corrected chi connectivity index (χ3v) is 2.95. The fourth-order valence-corrected chi connectivity index (χ4v) is 1.86. The molecule has 2 aromatic carbocycles. The Hall–Kier alpha value is -2.68. The standard InChI is InChI=1S/C16H10O3/c17-15-13-7-3-11(4-8-13)1-2-12-5-9-14(10-6-12)16(18)19-15/h1-10H/b2-1-. The minimum atomic E-state index is -0.635. The van der Waals surface area contributed by atoms with Gasteiger partial charge in [-0.05, 0) is 35.4 Å². The van der Waals surface area contributed by atoms with E-state index in [1.807, 2.05) is 36.4 Å². The largest absolute Gasteiger partial charge is 0.386 e. The monoisotopic (exact) mass is 250 g/mol. The van der Waals surface area contributed by atoms with Crippen molar-refractivity contribution < 1.29 is 14.3 Å².